The van der Waals surface area contributed by atoms with Crippen LogP contribution in [0.4, 0.5) is 15.8 Å². The van der Waals surface area contributed by atoms with Crippen LogP contribution >= 0.6 is 0 Å². The fourth-order valence-electron chi connectivity index (χ4n) is 2.28. The van der Waals surface area contributed by atoms with Gasteiger partial charge in [-0.05, 0) is 68.3 Å². The highest BCUT2D eigenvalue weighted by atomic mass is 19.1. The molecule has 0 heterocycles. The minimum atomic E-state index is -0.502. The highest BCUT2D eigenvalue weighted by molar-refractivity contribution is 6.07. The van der Waals surface area contributed by atoms with Crippen LogP contribution in [-0.2, 0) is 4.79 Å². The number of halogens is 1. The van der Waals surface area contributed by atoms with E-state index in [-0.39, 0.29) is 23.9 Å². The molecule has 2 rings (SSSR count). The van der Waals surface area contributed by atoms with E-state index in [9.17, 15) is 14.0 Å². The molecule has 0 aliphatic rings. The summed E-state index contributed by atoms with van der Waals surface area (Å²) in [5.41, 5.74) is 8.52. The summed E-state index contributed by atoms with van der Waals surface area (Å²) in [6.45, 7) is 4.28. The standard InChI is InChI=1S/C19H22FN3O2/c1-12-5-6-14(10-13(12)2)19(25)23-16-8-7-15(20)11-17(16)22-18(24)4-3-9-21/h5-8,10-11H,3-4,9,21H2,1-2H3,(H,22,24)(H,23,25). The Morgan fingerprint density at radius 1 is 1.00 bits per heavy atom. The van der Waals surface area contributed by atoms with Crippen molar-refractivity contribution in [2.45, 2.75) is 26.7 Å². The largest absolute Gasteiger partial charge is 0.330 e. The number of carbonyl (C=O) groups is 2. The first kappa shape index (κ1) is 18.6. The topological polar surface area (TPSA) is 84.2 Å². The molecule has 6 heteroatoms. The van der Waals surface area contributed by atoms with Gasteiger partial charge in [-0.1, -0.05) is 6.07 Å². The molecular formula is C19H22FN3O2. The normalized spacial score (nSPS) is 10.4. The van der Waals surface area contributed by atoms with E-state index in [1.54, 1.807) is 12.1 Å². The molecule has 0 saturated heterocycles. The number of nitrogens with two attached hydrogens (primary N) is 1. The predicted octanol–water partition coefficient (Wildman–Crippen LogP) is 3.37. The van der Waals surface area contributed by atoms with E-state index in [1.165, 1.54) is 18.2 Å². The molecule has 0 saturated carbocycles. The number of carbonyl (C=O) groups excluding carboxylic acids is 2. The Kier molecular flexibility index (Phi) is 6.25. The lowest BCUT2D eigenvalue weighted by molar-refractivity contribution is -0.116. The first-order valence-corrected chi connectivity index (χ1v) is 8.09. The van der Waals surface area contributed by atoms with Gasteiger partial charge in [-0.15, -0.1) is 0 Å². The van der Waals surface area contributed by atoms with E-state index < -0.39 is 5.82 Å². The van der Waals surface area contributed by atoms with Crippen LogP contribution in [0.3, 0.4) is 0 Å². The summed E-state index contributed by atoms with van der Waals surface area (Å²) in [4.78, 5) is 24.3. The van der Waals surface area contributed by atoms with Crippen molar-refractivity contribution in [3.63, 3.8) is 0 Å². The zero-order valence-electron chi connectivity index (χ0n) is 14.4. The maximum Gasteiger partial charge on any atom is 0.255 e. The summed E-state index contributed by atoms with van der Waals surface area (Å²) in [6.07, 6.45) is 0.767. The van der Waals surface area contributed by atoms with E-state index in [0.29, 0.717) is 24.2 Å². The second-order valence-corrected chi connectivity index (χ2v) is 5.88. The van der Waals surface area contributed by atoms with Crippen LogP contribution in [0.5, 0.6) is 0 Å². The third-order valence-corrected chi connectivity index (χ3v) is 3.88. The Balaban J connectivity index is 2.19. The van der Waals surface area contributed by atoms with E-state index in [2.05, 4.69) is 10.6 Å². The third-order valence-electron chi connectivity index (χ3n) is 3.88. The van der Waals surface area contributed by atoms with E-state index >= 15 is 0 Å². The van der Waals surface area contributed by atoms with Crippen molar-refractivity contribution in [2.24, 2.45) is 5.73 Å². The van der Waals surface area contributed by atoms with Crippen LogP contribution in [0.2, 0.25) is 0 Å². The maximum absolute atomic E-state index is 13.5. The zero-order chi connectivity index (χ0) is 18.4. The van der Waals surface area contributed by atoms with Crippen molar-refractivity contribution >= 4 is 23.2 Å². The Labute approximate surface area is 146 Å². The van der Waals surface area contributed by atoms with Gasteiger partial charge in [0.15, 0.2) is 0 Å². The molecule has 5 nitrogen and oxygen atoms in total. The lowest BCUT2D eigenvalue weighted by atomic mass is 10.1. The number of hydrogen-bond acceptors (Lipinski definition) is 3. The minimum absolute atomic E-state index is 0.221. The molecule has 25 heavy (non-hydrogen) atoms. The molecule has 0 radical (unpaired) electrons. The van der Waals surface area contributed by atoms with Gasteiger partial charge in [-0.2, -0.15) is 0 Å². The van der Waals surface area contributed by atoms with Gasteiger partial charge in [0.2, 0.25) is 5.91 Å². The number of hydrogen-bond donors (Lipinski definition) is 3. The molecule has 0 atom stereocenters. The molecular weight excluding hydrogens is 321 g/mol. The van der Waals surface area contributed by atoms with Gasteiger partial charge in [0.05, 0.1) is 11.4 Å². The van der Waals surface area contributed by atoms with Crippen molar-refractivity contribution in [1.29, 1.82) is 0 Å². The van der Waals surface area contributed by atoms with Crippen LogP contribution in [0.25, 0.3) is 0 Å². The fourth-order valence-corrected chi connectivity index (χ4v) is 2.28. The van der Waals surface area contributed by atoms with E-state index in [4.69, 9.17) is 5.73 Å². The first-order valence-electron chi connectivity index (χ1n) is 8.09. The van der Waals surface area contributed by atoms with E-state index in [0.717, 1.165) is 11.1 Å². The molecule has 2 amide bonds. The summed E-state index contributed by atoms with van der Waals surface area (Å²) in [5, 5.41) is 5.33. The monoisotopic (exact) mass is 343 g/mol. The summed E-state index contributed by atoms with van der Waals surface area (Å²) in [6, 6.07) is 9.20. The van der Waals surface area contributed by atoms with Gasteiger partial charge < -0.3 is 16.4 Å². The Morgan fingerprint density at radius 2 is 1.76 bits per heavy atom. The SMILES string of the molecule is Cc1ccc(C(=O)Nc2ccc(F)cc2NC(=O)CCCN)cc1C. The smallest absolute Gasteiger partial charge is 0.255 e. The van der Waals surface area contributed by atoms with Gasteiger partial charge in [0, 0.05) is 12.0 Å². The molecule has 0 bridgehead atoms. The molecule has 0 spiro atoms. The molecule has 4 N–H and O–H groups in total. The molecule has 2 aromatic rings. The van der Waals surface area contributed by atoms with Crippen molar-refractivity contribution < 1.29 is 14.0 Å². The highest BCUT2D eigenvalue weighted by Gasteiger charge is 2.13. The van der Waals surface area contributed by atoms with Gasteiger partial charge in [0.25, 0.3) is 5.91 Å². The second-order valence-electron chi connectivity index (χ2n) is 5.88. The Hall–Kier alpha value is -2.73. The first-order chi connectivity index (χ1) is 11.9. The third kappa shape index (κ3) is 5.12. The molecule has 0 aliphatic carbocycles. The lowest BCUT2D eigenvalue weighted by Gasteiger charge is -2.13. The molecule has 2 aromatic carbocycles. The molecule has 0 aliphatic heterocycles. The van der Waals surface area contributed by atoms with Gasteiger partial charge in [-0.25, -0.2) is 4.39 Å². The van der Waals surface area contributed by atoms with Crippen molar-refractivity contribution in [2.75, 3.05) is 17.2 Å². The fraction of sp³-hybridized carbons (Fsp3) is 0.263. The Morgan fingerprint density at radius 3 is 2.44 bits per heavy atom. The molecule has 0 unspecified atom stereocenters. The van der Waals surface area contributed by atoms with Gasteiger partial charge in [-0.3, -0.25) is 9.59 Å². The van der Waals surface area contributed by atoms with Crippen LogP contribution in [0.15, 0.2) is 36.4 Å². The summed E-state index contributed by atoms with van der Waals surface area (Å²) >= 11 is 0. The van der Waals surface area contributed by atoms with Crippen molar-refractivity contribution in [3.05, 3.63) is 58.9 Å². The number of amides is 2. The molecule has 0 fully saturated rings. The lowest BCUT2D eigenvalue weighted by Crippen LogP contribution is -2.17. The van der Waals surface area contributed by atoms with Crippen molar-refractivity contribution in [1.82, 2.24) is 0 Å². The van der Waals surface area contributed by atoms with Crippen molar-refractivity contribution in [3.8, 4) is 0 Å². The summed E-state index contributed by atoms with van der Waals surface area (Å²) in [5.74, 6) is -1.11. The predicted molar refractivity (Wildman–Crippen MR) is 97.2 cm³/mol. The Bertz CT molecular complexity index is 790. The number of anilines is 2. The van der Waals surface area contributed by atoms with Crippen LogP contribution < -0.4 is 16.4 Å². The number of benzene rings is 2. The second kappa shape index (κ2) is 8.39. The molecule has 0 aromatic heterocycles. The summed E-state index contributed by atoms with van der Waals surface area (Å²) in [7, 11) is 0. The van der Waals surface area contributed by atoms with Crippen LogP contribution in [-0.4, -0.2) is 18.4 Å². The maximum atomic E-state index is 13.5. The van der Waals surface area contributed by atoms with Crippen LogP contribution in [0.1, 0.15) is 34.3 Å². The molecule has 132 valence electrons. The zero-order valence-corrected chi connectivity index (χ0v) is 14.4. The number of rotatable bonds is 6. The highest BCUT2D eigenvalue weighted by Crippen LogP contribution is 2.24. The van der Waals surface area contributed by atoms with Gasteiger partial charge in [0.1, 0.15) is 5.82 Å². The summed E-state index contributed by atoms with van der Waals surface area (Å²) < 4.78 is 13.5. The van der Waals surface area contributed by atoms with Gasteiger partial charge >= 0.3 is 0 Å². The minimum Gasteiger partial charge on any atom is -0.330 e. The average Bonchev–Trinajstić information content (AvgIpc) is 2.57. The number of aryl methyl sites for hydroxylation is 2. The average molecular weight is 343 g/mol. The van der Waals surface area contributed by atoms with E-state index in [1.807, 2.05) is 19.9 Å². The number of nitrogens with one attached hydrogen (secondary N) is 2. The quantitative estimate of drug-likeness (QED) is 0.752. The van der Waals surface area contributed by atoms with Crippen LogP contribution in [0, 0.1) is 19.7 Å².